The molecule has 0 radical (unpaired) electrons. The van der Waals surface area contributed by atoms with E-state index in [2.05, 4.69) is 8.92 Å². The number of benzene rings is 1. The highest BCUT2D eigenvalue weighted by molar-refractivity contribution is 7.87. The van der Waals surface area contributed by atoms with Gasteiger partial charge >= 0.3 is 21.6 Å². The molecule has 1 atom stereocenters. The van der Waals surface area contributed by atoms with Crippen LogP contribution < -0.4 is 0 Å². The molecule has 11 heteroatoms. The van der Waals surface area contributed by atoms with Crippen LogP contribution in [0, 0.1) is 11.6 Å². The Hall–Kier alpha value is -1.75. The van der Waals surface area contributed by atoms with Crippen LogP contribution in [0.5, 0.6) is 0 Å². The summed E-state index contributed by atoms with van der Waals surface area (Å²) >= 11 is 0. The van der Waals surface area contributed by atoms with Gasteiger partial charge in [0.2, 0.25) is 0 Å². The van der Waals surface area contributed by atoms with E-state index in [4.69, 9.17) is 0 Å². The van der Waals surface area contributed by atoms with Crippen molar-refractivity contribution in [2.75, 3.05) is 7.11 Å². The molecule has 0 amide bonds. The van der Waals surface area contributed by atoms with Crippen molar-refractivity contribution in [3.05, 3.63) is 35.4 Å². The fraction of sp³-hybridized carbons (Fsp3) is 0.364. The van der Waals surface area contributed by atoms with Crippen LogP contribution in [0.4, 0.5) is 22.0 Å². The summed E-state index contributed by atoms with van der Waals surface area (Å²) in [4.78, 5) is 11.3. The van der Waals surface area contributed by atoms with Gasteiger partial charge in [0.05, 0.1) is 7.11 Å². The molecule has 0 spiro atoms. The minimum absolute atomic E-state index is 0.160. The van der Waals surface area contributed by atoms with Crippen LogP contribution in [0.25, 0.3) is 0 Å². The Kier molecular flexibility index (Phi) is 5.46. The number of ether oxygens (including phenoxy) is 1. The highest BCUT2D eigenvalue weighted by Crippen LogP contribution is 2.27. The number of rotatable bonds is 5. The van der Waals surface area contributed by atoms with Gasteiger partial charge in [-0.1, -0.05) is 6.07 Å². The zero-order chi connectivity index (χ0) is 17.1. The molecule has 0 aliphatic heterocycles. The highest BCUT2D eigenvalue weighted by Gasteiger charge is 2.49. The third-order valence-corrected chi connectivity index (χ3v) is 3.45. The molecule has 0 saturated heterocycles. The Morgan fingerprint density at radius 1 is 1.23 bits per heavy atom. The summed E-state index contributed by atoms with van der Waals surface area (Å²) in [6.07, 6.45) is -2.96. The number of alkyl halides is 3. The van der Waals surface area contributed by atoms with Crippen molar-refractivity contribution < 1.29 is 44.1 Å². The summed E-state index contributed by atoms with van der Waals surface area (Å²) in [6.45, 7) is 0. The van der Waals surface area contributed by atoms with Crippen molar-refractivity contribution in [1.29, 1.82) is 0 Å². The quantitative estimate of drug-likeness (QED) is 0.352. The molecule has 0 fully saturated rings. The van der Waals surface area contributed by atoms with E-state index in [1.54, 1.807) is 0 Å². The zero-order valence-electron chi connectivity index (χ0n) is 10.9. The summed E-state index contributed by atoms with van der Waals surface area (Å²) in [7, 11) is -5.26. The first-order valence-electron chi connectivity index (χ1n) is 5.49. The number of halogens is 5. The number of hydrogen-bond acceptors (Lipinski definition) is 5. The number of carbonyl (C=O) groups excluding carboxylic acids is 1. The van der Waals surface area contributed by atoms with Gasteiger partial charge in [-0.2, -0.15) is 21.6 Å². The maximum Gasteiger partial charge on any atom is 0.523 e. The average Bonchev–Trinajstić information content (AvgIpc) is 2.39. The third kappa shape index (κ3) is 4.37. The van der Waals surface area contributed by atoms with Crippen LogP contribution in [0.1, 0.15) is 5.56 Å². The van der Waals surface area contributed by atoms with Crippen LogP contribution in [0.3, 0.4) is 0 Å². The molecule has 0 aromatic heterocycles. The van der Waals surface area contributed by atoms with Crippen LogP contribution in [0.2, 0.25) is 0 Å². The molecule has 0 aliphatic carbocycles. The van der Waals surface area contributed by atoms with Crippen LogP contribution in [-0.4, -0.2) is 33.1 Å². The standard InChI is InChI=1S/C11H9F5O5S/c1-20-10(17)9(21-22(18,19)11(14,15)16)5-6-2-3-7(12)8(13)4-6/h2-4,9H,5H2,1H3/t9-/m1/s1. The van der Waals surface area contributed by atoms with Gasteiger partial charge < -0.3 is 4.74 Å². The SMILES string of the molecule is COC(=O)[C@@H](Cc1ccc(F)c(F)c1)OS(=O)(=O)C(F)(F)F. The second kappa shape index (κ2) is 6.57. The van der Waals surface area contributed by atoms with Crippen molar-refractivity contribution in [2.24, 2.45) is 0 Å². The highest BCUT2D eigenvalue weighted by atomic mass is 32.2. The Labute approximate surface area is 121 Å². The first-order chi connectivity index (χ1) is 9.98. The summed E-state index contributed by atoms with van der Waals surface area (Å²) in [5.41, 5.74) is -5.90. The molecule has 5 nitrogen and oxygen atoms in total. The Balaban J connectivity index is 3.04. The lowest BCUT2D eigenvalue weighted by Crippen LogP contribution is -2.36. The number of hydrogen-bond donors (Lipinski definition) is 0. The third-order valence-electron chi connectivity index (χ3n) is 2.40. The van der Waals surface area contributed by atoms with E-state index in [0.29, 0.717) is 12.1 Å². The van der Waals surface area contributed by atoms with E-state index < -0.39 is 45.8 Å². The van der Waals surface area contributed by atoms with E-state index in [-0.39, 0.29) is 5.56 Å². The molecular weight excluding hydrogens is 339 g/mol. The second-order valence-corrected chi connectivity index (χ2v) is 5.52. The Morgan fingerprint density at radius 2 is 1.82 bits per heavy atom. The van der Waals surface area contributed by atoms with Gasteiger partial charge in [-0.25, -0.2) is 17.8 Å². The lowest BCUT2D eigenvalue weighted by atomic mass is 10.1. The number of methoxy groups -OCH3 is 1. The fourth-order valence-corrected chi connectivity index (χ4v) is 1.94. The largest absolute Gasteiger partial charge is 0.523 e. The van der Waals surface area contributed by atoms with Gasteiger partial charge in [0.25, 0.3) is 0 Å². The summed E-state index contributed by atoms with van der Waals surface area (Å²) in [6, 6.07) is 2.21. The zero-order valence-corrected chi connectivity index (χ0v) is 11.7. The molecule has 124 valence electrons. The molecule has 0 bridgehead atoms. The summed E-state index contributed by atoms with van der Waals surface area (Å²) in [5.74, 6) is -3.96. The maximum atomic E-state index is 13.0. The van der Waals surface area contributed by atoms with Crippen molar-refractivity contribution >= 4 is 16.1 Å². The predicted octanol–water partition coefficient (Wildman–Crippen LogP) is 1.92. The van der Waals surface area contributed by atoms with Crippen molar-refractivity contribution in [3.8, 4) is 0 Å². The van der Waals surface area contributed by atoms with Crippen molar-refractivity contribution in [2.45, 2.75) is 18.0 Å². The minimum Gasteiger partial charge on any atom is -0.467 e. The summed E-state index contributed by atoms with van der Waals surface area (Å²) in [5, 5.41) is 0. The van der Waals surface area contributed by atoms with Gasteiger partial charge in [-0.3, -0.25) is 0 Å². The van der Waals surface area contributed by atoms with Gasteiger partial charge in [0, 0.05) is 6.42 Å². The molecular formula is C11H9F5O5S. The number of carbonyl (C=O) groups is 1. The molecule has 0 heterocycles. The Morgan fingerprint density at radius 3 is 2.27 bits per heavy atom. The fourth-order valence-electron chi connectivity index (χ4n) is 1.38. The van der Waals surface area contributed by atoms with Gasteiger partial charge in [0.15, 0.2) is 17.7 Å². The molecule has 22 heavy (non-hydrogen) atoms. The first kappa shape index (κ1) is 18.3. The van der Waals surface area contributed by atoms with Crippen LogP contribution in [-0.2, 0) is 30.3 Å². The minimum atomic E-state index is -6.06. The molecule has 1 aromatic rings. The maximum absolute atomic E-state index is 13.0. The van der Waals surface area contributed by atoms with E-state index in [1.165, 1.54) is 0 Å². The lowest BCUT2D eigenvalue weighted by Gasteiger charge is -2.16. The second-order valence-electron chi connectivity index (χ2n) is 3.96. The average molecular weight is 348 g/mol. The van der Waals surface area contributed by atoms with E-state index in [1.807, 2.05) is 0 Å². The molecule has 1 rings (SSSR count). The number of esters is 1. The van der Waals surface area contributed by atoms with Crippen molar-refractivity contribution in [3.63, 3.8) is 0 Å². The molecule has 0 saturated carbocycles. The van der Waals surface area contributed by atoms with E-state index in [0.717, 1.165) is 13.2 Å². The predicted molar refractivity (Wildman–Crippen MR) is 61.9 cm³/mol. The monoisotopic (exact) mass is 348 g/mol. The van der Waals surface area contributed by atoms with Crippen LogP contribution >= 0.6 is 0 Å². The van der Waals surface area contributed by atoms with Gasteiger partial charge in [0.1, 0.15) is 0 Å². The van der Waals surface area contributed by atoms with E-state index >= 15 is 0 Å². The topological polar surface area (TPSA) is 69.7 Å². The van der Waals surface area contributed by atoms with Gasteiger partial charge in [-0.15, -0.1) is 0 Å². The van der Waals surface area contributed by atoms with E-state index in [9.17, 15) is 35.2 Å². The summed E-state index contributed by atoms with van der Waals surface area (Å²) < 4.78 is 92.2. The Bertz CT molecular complexity index is 655. The molecule has 0 unspecified atom stereocenters. The molecule has 1 aromatic carbocycles. The van der Waals surface area contributed by atoms with Gasteiger partial charge in [-0.05, 0) is 17.7 Å². The lowest BCUT2D eigenvalue weighted by molar-refractivity contribution is -0.149. The van der Waals surface area contributed by atoms with Crippen LogP contribution in [0.15, 0.2) is 18.2 Å². The molecule has 0 N–H and O–H groups in total. The smallest absolute Gasteiger partial charge is 0.467 e. The molecule has 0 aliphatic rings. The first-order valence-corrected chi connectivity index (χ1v) is 6.90. The normalized spacial score (nSPS) is 13.7. The van der Waals surface area contributed by atoms with Crippen molar-refractivity contribution in [1.82, 2.24) is 0 Å².